The Balaban J connectivity index is 1.96. The molecule has 6 nitrogen and oxygen atoms in total. The maximum atomic E-state index is 12.5. The highest BCUT2D eigenvalue weighted by Gasteiger charge is 2.37. The smallest absolute Gasteiger partial charge is 0.412 e. The monoisotopic (exact) mass is 442 g/mol. The molecule has 1 amide bonds. The van der Waals surface area contributed by atoms with E-state index in [1.165, 1.54) is 5.57 Å². The minimum atomic E-state index is -0.552. The highest BCUT2D eigenvalue weighted by atomic mass is 16.6. The zero-order chi connectivity index (χ0) is 23.9. The predicted octanol–water partition coefficient (Wildman–Crippen LogP) is 5.99. The number of amides is 1. The number of anilines is 2. The first-order valence-corrected chi connectivity index (χ1v) is 11.8. The zero-order valence-electron chi connectivity index (χ0n) is 21.5. The topological polar surface area (TPSA) is 66.5 Å². The summed E-state index contributed by atoms with van der Waals surface area (Å²) in [5, 5.41) is 6.68. The van der Waals surface area contributed by atoms with E-state index in [-0.39, 0.29) is 11.1 Å². The Morgan fingerprint density at radius 3 is 2.25 bits per heavy atom. The van der Waals surface area contributed by atoms with Gasteiger partial charge in [-0.05, 0) is 90.8 Å². The van der Waals surface area contributed by atoms with Gasteiger partial charge in [0.15, 0.2) is 0 Å². The highest BCUT2D eigenvalue weighted by molar-refractivity contribution is 5.89. The van der Waals surface area contributed by atoms with Gasteiger partial charge < -0.3 is 15.0 Å². The van der Waals surface area contributed by atoms with Gasteiger partial charge in [-0.1, -0.05) is 19.9 Å². The van der Waals surface area contributed by atoms with Crippen LogP contribution in [-0.2, 0) is 4.74 Å². The van der Waals surface area contributed by atoms with Crippen molar-refractivity contribution in [1.82, 2.24) is 10.3 Å². The number of rotatable bonds is 3. The van der Waals surface area contributed by atoms with Crippen LogP contribution in [0.4, 0.5) is 16.3 Å². The fourth-order valence-corrected chi connectivity index (χ4v) is 4.84. The van der Waals surface area contributed by atoms with E-state index in [1.807, 2.05) is 32.9 Å². The molecule has 1 saturated heterocycles. The third kappa shape index (κ3) is 6.47. The second-order valence-corrected chi connectivity index (χ2v) is 12.5. The van der Waals surface area contributed by atoms with E-state index in [2.05, 4.69) is 63.2 Å². The molecular formula is C26H42N4O2. The van der Waals surface area contributed by atoms with Gasteiger partial charge >= 0.3 is 6.09 Å². The number of allylic oxidation sites excluding steroid dienone is 2. The van der Waals surface area contributed by atoms with E-state index in [0.29, 0.717) is 11.1 Å². The van der Waals surface area contributed by atoms with Gasteiger partial charge in [-0.3, -0.25) is 5.32 Å². The van der Waals surface area contributed by atoms with Crippen molar-refractivity contribution in [1.29, 1.82) is 0 Å². The molecule has 1 aromatic heterocycles. The number of nitrogens with one attached hydrogen (secondary N) is 2. The summed E-state index contributed by atoms with van der Waals surface area (Å²) >= 11 is 0. The summed E-state index contributed by atoms with van der Waals surface area (Å²) in [4.78, 5) is 20.0. The Bertz CT molecular complexity index is 878. The first kappa shape index (κ1) is 24.6. The average molecular weight is 443 g/mol. The standard InChI is InChI=1S/C26H42N4O2/c1-23(2,3)32-22(31)27-19-10-11-20(30-16-25(6,7)29-26(8,9)17-30)28-21(19)18-12-14-24(4,5)15-13-18/h10-12,29H,13-17H2,1-9H3,(H,27,31). The summed E-state index contributed by atoms with van der Waals surface area (Å²) in [6, 6.07) is 3.99. The van der Waals surface area contributed by atoms with Gasteiger partial charge in [0.05, 0.1) is 11.4 Å². The van der Waals surface area contributed by atoms with Crippen molar-refractivity contribution < 1.29 is 9.53 Å². The van der Waals surface area contributed by atoms with Crippen LogP contribution in [0.15, 0.2) is 18.2 Å². The zero-order valence-corrected chi connectivity index (χ0v) is 21.5. The minimum absolute atomic E-state index is 0.0227. The van der Waals surface area contributed by atoms with E-state index in [0.717, 1.165) is 43.9 Å². The molecule has 0 saturated carbocycles. The lowest BCUT2D eigenvalue weighted by Gasteiger charge is -2.48. The normalized spacial score (nSPS) is 22.2. The van der Waals surface area contributed by atoms with E-state index in [9.17, 15) is 4.79 Å². The summed E-state index contributed by atoms with van der Waals surface area (Å²) in [6.07, 6.45) is 4.90. The average Bonchev–Trinajstić information content (AvgIpc) is 2.58. The third-order valence-corrected chi connectivity index (χ3v) is 5.97. The van der Waals surface area contributed by atoms with Gasteiger partial charge in [-0.25, -0.2) is 9.78 Å². The van der Waals surface area contributed by atoms with Crippen LogP contribution >= 0.6 is 0 Å². The lowest BCUT2D eigenvalue weighted by Crippen LogP contribution is -2.67. The molecule has 0 unspecified atom stereocenters. The van der Waals surface area contributed by atoms with E-state index in [4.69, 9.17) is 9.72 Å². The number of hydrogen-bond acceptors (Lipinski definition) is 5. The molecule has 2 heterocycles. The maximum absolute atomic E-state index is 12.5. The summed E-state index contributed by atoms with van der Waals surface area (Å²) < 4.78 is 5.50. The second-order valence-electron chi connectivity index (χ2n) is 12.5. The number of carbonyl (C=O) groups excluding carboxylic acids is 1. The Morgan fingerprint density at radius 2 is 1.72 bits per heavy atom. The fraction of sp³-hybridized carbons (Fsp3) is 0.692. The Hall–Kier alpha value is -2.08. The number of carbonyl (C=O) groups is 1. The van der Waals surface area contributed by atoms with Crippen molar-refractivity contribution in [3.05, 3.63) is 23.9 Å². The van der Waals surface area contributed by atoms with Crippen LogP contribution in [0.5, 0.6) is 0 Å². The molecule has 6 heteroatoms. The molecule has 1 aliphatic heterocycles. The number of nitrogens with zero attached hydrogens (tertiary/aromatic N) is 2. The molecule has 0 atom stereocenters. The van der Waals surface area contributed by atoms with Crippen LogP contribution in [-0.4, -0.2) is 40.8 Å². The Labute approximate surface area is 194 Å². The molecule has 32 heavy (non-hydrogen) atoms. The SMILES string of the molecule is CC1(C)CC=C(c2nc(N3CC(C)(C)NC(C)(C)C3)ccc2NC(=O)OC(C)(C)C)CC1. The Kier molecular flexibility index (Phi) is 6.42. The van der Waals surface area contributed by atoms with Crippen LogP contribution in [0.2, 0.25) is 0 Å². The molecule has 0 spiro atoms. The third-order valence-electron chi connectivity index (χ3n) is 5.97. The van der Waals surface area contributed by atoms with Crippen molar-refractivity contribution in [3.63, 3.8) is 0 Å². The van der Waals surface area contributed by atoms with Gasteiger partial charge in [0.1, 0.15) is 11.4 Å². The van der Waals surface area contributed by atoms with Crippen molar-refractivity contribution >= 4 is 23.2 Å². The molecular weight excluding hydrogens is 400 g/mol. The predicted molar refractivity (Wildman–Crippen MR) is 133 cm³/mol. The molecule has 1 aliphatic carbocycles. The minimum Gasteiger partial charge on any atom is -0.444 e. The molecule has 1 fully saturated rings. The molecule has 178 valence electrons. The van der Waals surface area contributed by atoms with E-state index < -0.39 is 11.7 Å². The number of aromatic nitrogens is 1. The summed E-state index contributed by atoms with van der Waals surface area (Å²) in [5.74, 6) is 0.947. The molecule has 2 aliphatic rings. The summed E-state index contributed by atoms with van der Waals surface area (Å²) in [7, 11) is 0. The van der Waals surface area contributed by atoms with E-state index >= 15 is 0 Å². The van der Waals surface area contributed by atoms with Gasteiger partial charge in [-0.2, -0.15) is 0 Å². The summed E-state index contributed by atoms with van der Waals surface area (Å²) in [6.45, 7) is 20.9. The molecule has 0 aromatic carbocycles. The first-order valence-electron chi connectivity index (χ1n) is 11.8. The van der Waals surface area contributed by atoms with Crippen LogP contribution in [0.3, 0.4) is 0 Å². The lowest BCUT2D eigenvalue weighted by molar-refractivity contribution is 0.0636. The van der Waals surface area contributed by atoms with Crippen LogP contribution in [0.1, 0.15) is 87.3 Å². The maximum Gasteiger partial charge on any atom is 0.412 e. The van der Waals surface area contributed by atoms with Crippen molar-refractivity contribution in [2.75, 3.05) is 23.3 Å². The van der Waals surface area contributed by atoms with Gasteiger partial charge in [0.2, 0.25) is 0 Å². The Morgan fingerprint density at radius 1 is 1.09 bits per heavy atom. The quantitative estimate of drug-likeness (QED) is 0.602. The first-order chi connectivity index (χ1) is 14.5. The second kappa shape index (κ2) is 8.36. The molecule has 1 aromatic rings. The molecule has 3 rings (SSSR count). The van der Waals surface area contributed by atoms with Crippen molar-refractivity contribution in [3.8, 4) is 0 Å². The van der Waals surface area contributed by atoms with Gasteiger partial charge in [0.25, 0.3) is 0 Å². The van der Waals surface area contributed by atoms with Crippen molar-refractivity contribution in [2.45, 2.75) is 98.3 Å². The molecule has 0 bridgehead atoms. The number of ether oxygens (including phenoxy) is 1. The van der Waals surface area contributed by atoms with Gasteiger partial charge in [0, 0.05) is 24.2 Å². The van der Waals surface area contributed by atoms with E-state index in [1.54, 1.807) is 0 Å². The number of hydrogen-bond donors (Lipinski definition) is 2. The van der Waals surface area contributed by atoms with Crippen LogP contribution in [0, 0.1) is 5.41 Å². The van der Waals surface area contributed by atoms with Crippen LogP contribution < -0.4 is 15.5 Å². The molecule has 2 N–H and O–H groups in total. The van der Waals surface area contributed by atoms with Crippen LogP contribution in [0.25, 0.3) is 5.57 Å². The van der Waals surface area contributed by atoms with Crippen molar-refractivity contribution in [2.24, 2.45) is 5.41 Å². The lowest BCUT2D eigenvalue weighted by atomic mass is 9.77. The molecule has 0 radical (unpaired) electrons. The fourth-order valence-electron chi connectivity index (χ4n) is 4.84. The largest absolute Gasteiger partial charge is 0.444 e. The summed E-state index contributed by atoms with van der Waals surface area (Å²) in [5.41, 5.74) is 2.47. The van der Waals surface area contributed by atoms with Gasteiger partial charge in [-0.15, -0.1) is 0 Å². The number of piperazine rings is 1. The number of pyridine rings is 1. The highest BCUT2D eigenvalue weighted by Crippen LogP contribution is 2.40.